The van der Waals surface area contributed by atoms with Gasteiger partial charge in [0.25, 0.3) is 0 Å². The normalized spacial score (nSPS) is 9.69. The molecule has 0 aromatic carbocycles. The third kappa shape index (κ3) is 15.1. The van der Waals surface area contributed by atoms with Crippen LogP contribution in [0.5, 0.6) is 0 Å². The Bertz CT molecular complexity index is 69.3. The quantitative estimate of drug-likeness (QED) is 0.328. The number of hydrogen-bond acceptors (Lipinski definition) is 2. The van der Waals surface area contributed by atoms with Crippen LogP contribution in [-0.2, 0) is 9.78 Å². The minimum absolute atomic E-state index is 0. The fraction of sp³-hybridized carbons (Fsp3) is 1.00. The van der Waals surface area contributed by atoms with E-state index in [9.17, 15) is 0 Å². The summed E-state index contributed by atoms with van der Waals surface area (Å²) in [6.07, 6.45) is 7.17. The molecule has 13 heavy (non-hydrogen) atoms. The van der Waals surface area contributed by atoms with Gasteiger partial charge in [0.05, 0.1) is 13.2 Å². The number of unbranched alkanes of at least 4 members (excludes halogenated alkanes) is 4. The highest BCUT2D eigenvalue weighted by Crippen LogP contribution is 1.97. The molecule has 0 aromatic heterocycles. The number of rotatable bonds is 9. The van der Waals surface area contributed by atoms with Crippen molar-refractivity contribution in [3.05, 3.63) is 0 Å². The van der Waals surface area contributed by atoms with Gasteiger partial charge in [-0.1, -0.05) is 39.5 Å². The van der Waals surface area contributed by atoms with Gasteiger partial charge in [0.1, 0.15) is 0 Å². The molecule has 82 valence electrons. The molecule has 0 amide bonds. The molecular formula is C10H24O2S. The van der Waals surface area contributed by atoms with Gasteiger partial charge in [0.15, 0.2) is 0 Å². The average molecular weight is 208 g/mol. The van der Waals surface area contributed by atoms with Crippen molar-refractivity contribution in [3.8, 4) is 0 Å². The van der Waals surface area contributed by atoms with E-state index >= 15 is 0 Å². The highest BCUT2D eigenvalue weighted by atomic mass is 32.1. The molecule has 0 N–H and O–H groups in total. The first-order chi connectivity index (χ1) is 5.91. The molecule has 0 saturated carbocycles. The van der Waals surface area contributed by atoms with Crippen LogP contribution in [0.4, 0.5) is 0 Å². The lowest BCUT2D eigenvalue weighted by molar-refractivity contribution is -0.295. The zero-order chi connectivity index (χ0) is 9.07. The second-order valence-corrected chi connectivity index (χ2v) is 3.06. The predicted molar refractivity (Wildman–Crippen MR) is 61.3 cm³/mol. The van der Waals surface area contributed by atoms with Gasteiger partial charge < -0.3 is 0 Å². The van der Waals surface area contributed by atoms with E-state index in [0.717, 1.165) is 26.1 Å². The van der Waals surface area contributed by atoms with Gasteiger partial charge in [-0.25, -0.2) is 9.78 Å². The van der Waals surface area contributed by atoms with Gasteiger partial charge in [0, 0.05) is 0 Å². The zero-order valence-corrected chi connectivity index (χ0v) is 9.97. The molecule has 2 nitrogen and oxygen atoms in total. The van der Waals surface area contributed by atoms with Crippen molar-refractivity contribution in [1.29, 1.82) is 0 Å². The molecule has 0 aliphatic heterocycles. The molecule has 0 radical (unpaired) electrons. The van der Waals surface area contributed by atoms with Gasteiger partial charge in [-0.2, -0.15) is 13.5 Å². The highest BCUT2D eigenvalue weighted by Gasteiger charge is 1.89. The van der Waals surface area contributed by atoms with Crippen LogP contribution in [-0.4, -0.2) is 13.2 Å². The minimum Gasteiger partial charge on any atom is -0.237 e. The fourth-order valence-corrected chi connectivity index (χ4v) is 0.940. The van der Waals surface area contributed by atoms with Gasteiger partial charge >= 0.3 is 0 Å². The Balaban J connectivity index is 0. The molecule has 0 atom stereocenters. The van der Waals surface area contributed by atoms with E-state index < -0.39 is 0 Å². The van der Waals surface area contributed by atoms with Gasteiger partial charge in [0.2, 0.25) is 0 Å². The van der Waals surface area contributed by atoms with E-state index in [1.807, 2.05) is 0 Å². The molecule has 0 unspecified atom stereocenters. The summed E-state index contributed by atoms with van der Waals surface area (Å²) in [5, 5.41) is 0. The Morgan fingerprint density at radius 3 is 1.38 bits per heavy atom. The molecule has 0 fully saturated rings. The van der Waals surface area contributed by atoms with Crippen molar-refractivity contribution in [2.45, 2.75) is 52.4 Å². The van der Waals surface area contributed by atoms with Gasteiger partial charge in [-0.15, -0.1) is 0 Å². The summed E-state index contributed by atoms with van der Waals surface area (Å²) in [6.45, 7) is 5.87. The largest absolute Gasteiger partial charge is 0.237 e. The second kappa shape index (κ2) is 14.8. The minimum atomic E-state index is 0. The zero-order valence-electron chi connectivity index (χ0n) is 8.97. The lowest BCUT2D eigenvalue weighted by Gasteiger charge is -2.02. The van der Waals surface area contributed by atoms with E-state index in [1.165, 1.54) is 25.7 Å². The maximum Gasteiger partial charge on any atom is 0.0822 e. The first-order valence-corrected chi connectivity index (χ1v) is 5.16. The smallest absolute Gasteiger partial charge is 0.0822 e. The van der Waals surface area contributed by atoms with Crippen LogP contribution < -0.4 is 0 Å². The SMILES string of the molecule is CCCCCOOCCCCC.S. The van der Waals surface area contributed by atoms with Crippen molar-refractivity contribution < 1.29 is 9.78 Å². The summed E-state index contributed by atoms with van der Waals surface area (Å²) in [5.74, 6) is 0. The van der Waals surface area contributed by atoms with Gasteiger partial charge in [-0.3, -0.25) is 0 Å². The average Bonchev–Trinajstić information content (AvgIpc) is 2.10. The molecular weight excluding hydrogens is 184 g/mol. The number of hydrogen-bond donors (Lipinski definition) is 0. The van der Waals surface area contributed by atoms with Crippen molar-refractivity contribution in [1.82, 2.24) is 0 Å². The van der Waals surface area contributed by atoms with E-state index in [2.05, 4.69) is 13.8 Å². The summed E-state index contributed by atoms with van der Waals surface area (Å²) in [6, 6.07) is 0. The summed E-state index contributed by atoms with van der Waals surface area (Å²) < 4.78 is 0. The Kier molecular flexibility index (Phi) is 17.9. The molecule has 0 rings (SSSR count). The van der Waals surface area contributed by atoms with E-state index in [-0.39, 0.29) is 13.5 Å². The predicted octanol–water partition coefficient (Wildman–Crippen LogP) is 3.43. The molecule has 0 aromatic rings. The Hall–Kier alpha value is 0.270. The standard InChI is InChI=1S/C10H22O2.H2S/c1-3-5-7-9-11-12-10-8-6-4-2;/h3-10H2,1-2H3;1H2. The highest BCUT2D eigenvalue weighted by molar-refractivity contribution is 7.59. The van der Waals surface area contributed by atoms with E-state index in [0.29, 0.717) is 0 Å². The van der Waals surface area contributed by atoms with Crippen molar-refractivity contribution in [3.63, 3.8) is 0 Å². The molecule has 0 bridgehead atoms. The first kappa shape index (κ1) is 15.7. The van der Waals surface area contributed by atoms with Crippen LogP contribution >= 0.6 is 13.5 Å². The fourth-order valence-electron chi connectivity index (χ4n) is 0.940. The second-order valence-electron chi connectivity index (χ2n) is 3.06. The molecule has 3 heteroatoms. The summed E-state index contributed by atoms with van der Waals surface area (Å²) in [5.41, 5.74) is 0. The van der Waals surface area contributed by atoms with Gasteiger partial charge in [-0.05, 0) is 12.8 Å². The third-order valence-electron chi connectivity index (χ3n) is 1.75. The first-order valence-electron chi connectivity index (χ1n) is 5.16. The summed E-state index contributed by atoms with van der Waals surface area (Å²) in [4.78, 5) is 9.96. The maximum atomic E-state index is 4.98. The molecule has 0 aliphatic carbocycles. The molecule has 0 heterocycles. The Morgan fingerprint density at radius 2 is 1.08 bits per heavy atom. The lowest BCUT2D eigenvalue weighted by Crippen LogP contribution is -1.98. The van der Waals surface area contributed by atoms with E-state index in [1.54, 1.807) is 0 Å². The maximum absolute atomic E-state index is 4.98. The van der Waals surface area contributed by atoms with Crippen LogP contribution in [0, 0.1) is 0 Å². The Morgan fingerprint density at radius 1 is 0.692 bits per heavy atom. The van der Waals surface area contributed by atoms with Crippen LogP contribution in [0.3, 0.4) is 0 Å². The monoisotopic (exact) mass is 208 g/mol. The molecule has 0 saturated heterocycles. The topological polar surface area (TPSA) is 18.5 Å². The molecule has 0 aliphatic rings. The molecule has 0 spiro atoms. The third-order valence-corrected chi connectivity index (χ3v) is 1.75. The van der Waals surface area contributed by atoms with Crippen LogP contribution in [0.2, 0.25) is 0 Å². The van der Waals surface area contributed by atoms with Crippen LogP contribution in [0.15, 0.2) is 0 Å². The van der Waals surface area contributed by atoms with E-state index in [4.69, 9.17) is 9.78 Å². The lowest BCUT2D eigenvalue weighted by atomic mass is 10.3. The summed E-state index contributed by atoms with van der Waals surface area (Å²) in [7, 11) is 0. The summed E-state index contributed by atoms with van der Waals surface area (Å²) >= 11 is 0. The van der Waals surface area contributed by atoms with Crippen molar-refractivity contribution >= 4 is 13.5 Å². The Labute approximate surface area is 89.4 Å². The van der Waals surface area contributed by atoms with Crippen LogP contribution in [0.25, 0.3) is 0 Å². The van der Waals surface area contributed by atoms with Crippen molar-refractivity contribution in [2.75, 3.05) is 13.2 Å². The van der Waals surface area contributed by atoms with Crippen molar-refractivity contribution in [2.24, 2.45) is 0 Å². The van der Waals surface area contributed by atoms with Crippen LogP contribution in [0.1, 0.15) is 52.4 Å².